The molecule has 188 valence electrons. The van der Waals surface area contributed by atoms with Gasteiger partial charge in [-0.25, -0.2) is 13.8 Å². The monoisotopic (exact) mass is 503 g/mol. The molecule has 1 N–H and O–H groups in total. The molecule has 1 fully saturated rings. The van der Waals surface area contributed by atoms with Crippen molar-refractivity contribution in [3.63, 3.8) is 0 Å². The van der Waals surface area contributed by atoms with Crippen LogP contribution in [0, 0.1) is 23.4 Å². The minimum absolute atomic E-state index is 0.00174. The van der Waals surface area contributed by atoms with Gasteiger partial charge in [0.1, 0.15) is 17.7 Å². The molecule has 3 aromatic carbocycles. The van der Waals surface area contributed by atoms with Crippen molar-refractivity contribution in [1.82, 2.24) is 25.1 Å². The van der Waals surface area contributed by atoms with E-state index in [0.717, 1.165) is 24.9 Å². The summed E-state index contributed by atoms with van der Waals surface area (Å²) < 4.78 is 52.8. The Labute approximate surface area is 211 Å². The van der Waals surface area contributed by atoms with Crippen molar-refractivity contribution in [1.29, 1.82) is 0 Å². The number of nitrogens with zero attached hydrogens (tertiary/aromatic N) is 4. The Kier molecular flexibility index (Phi) is 6.00. The predicted molar refractivity (Wildman–Crippen MR) is 134 cm³/mol. The minimum Gasteiger partial charge on any atom is -0.433 e. The number of halogens is 3. The first-order valence-electron chi connectivity index (χ1n) is 12.2. The van der Waals surface area contributed by atoms with Crippen molar-refractivity contribution < 1.29 is 17.6 Å². The Balaban J connectivity index is 1.49. The van der Waals surface area contributed by atoms with Gasteiger partial charge >= 0.3 is 0 Å². The van der Waals surface area contributed by atoms with E-state index in [4.69, 9.17) is 4.42 Å². The number of aromatic nitrogens is 4. The van der Waals surface area contributed by atoms with Crippen LogP contribution >= 0.6 is 0 Å². The van der Waals surface area contributed by atoms with Gasteiger partial charge in [0, 0.05) is 24.7 Å². The summed E-state index contributed by atoms with van der Waals surface area (Å²) in [4.78, 5) is 4.41. The molecule has 6 rings (SSSR count). The lowest BCUT2D eigenvalue weighted by Crippen LogP contribution is -2.27. The lowest BCUT2D eigenvalue weighted by atomic mass is 9.85. The molecule has 37 heavy (non-hydrogen) atoms. The van der Waals surface area contributed by atoms with Gasteiger partial charge in [-0.15, -0.1) is 10.2 Å². The summed E-state index contributed by atoms with van der Waals surface area (Å²) in [5.74, 6) is -1.98. The van der Waals surface area contributed by atoms with E-state index in [-0.39, 0.29) is 34.7 Å². The summed E-state index contributed by atoms with van der Waals surface area (Å²) in [6.07, 6.45) is 5.01. The Morgan fingerprint density at radius 1 is 1.03 bits per heavy atom. The summed E-state index contributed by atoms with van der Waals surface area (Å²) in [5, 5.41) is 11.3. The molecule has 2 aromatic heterocycles. The van der Waals surface area contributed by atoms with E-state index in [9.17, 15) is 4.39 Å². The molecule has 6 nitrogen and oxygen atoms in total. The van der Waals surface area contributed by atoms with Crippen molar-refractivity contribution >= 4 is 11.1 Å². The smallest absolute Gasteiger partial charge is 0.231 e. The highest BCUT2D eigenvalue weighted by Gasteiger charge is 2.27. The SMILES string of the molecule is Cn1cnnc1-c1c(-c2ccccc2)ccc(F)c1-c1nc2cc(CNCC3CCC3)c(F)c(F)c2o1. The first-order chi connectivity index (χ1) is 18.0. The van der Waals surface area contributed by atoms with Gasteiger partial charge in [0.15, 0.2) is 17.2 Å². The molecule has 0 aliphatic heterocycles. The number of fused-ring (bicyclic) bond motifs is 1. The normalized spacial score (nSPS) is 13.8. The lowest BCUT2D eigenvalue weighted by Gasteiger charge is -2.25. The summed E-state index contributed by atoms with van der Waals surface area (Å²) in [7, 11) is 1.74. The predicted octanol–water partition coefficient (Wildman–Crippen LogP) is 6.26. The zero-order valence-electron chi connectivity index (χ0n) is 20.1. The molecule has 1 aliphatic rings. The van der Waals surface area contributed by atoms with E-state index >= 15 is 8.78 Å². The van der Waals surface area contributed by atoms with Crippen LogP contribution in [-0.2, 0) is 13.6 Å². The van der Waals surface area contributed by atoms with Crippen LogP contribution in [0.2, 0.25) is 0 Å². The number of aryl methyl sites for hydroxylation is 1. The summed E-state index contributed by atoms with van der Waals surface area (Å²) >= 11 is 0. The molecule has 5 aromatic rings. The fourth-order valence-corrected chi connectivity index (χ4v) is 4.79. The maximum Gasteiger partial charge on any atom is 0.231 e. The van der Waals surface area contributed by atoms with Crippen LogP contribution in [0.15, 0.2) is 59.3 Å². The fraction of sp³-hybridized carbons (Fsp3) is 0.250. The van der Waals surface area contributed by atoms with E-state index in [1.165, 1.54) is 24.9 Å². The highest BCUT2D eigenvalue weighted by molar-refractivity contribution is 5.92. The quantitative estimate of drug-likeness (QED) is 0.284. The molecule has 1 aliphatic carbocycles. The first-order valence-corrected chi connectivity index (χ1v) is 12.2. The van der Waals surface area contributed by atoms with Gasteiger partial charge in [0.2, 0.25) is 11.7 Å². The number of nitrogens with one attached hydrogen (secondary N) is 1. The fourth-order valence-electron chi connectivity index (χ4n) is 4.79. The maximum atomic E-state index is 15.5. The molecule has 0 saturated heterocycles. The molecular formula is C28H24F3N5O. The highest BCUT2D eigenvalue weighted by atomic mass is 19.2. The topological polar surface area (TPSA) is 68.8 Å². The molecular weight excluding hydrogens is 479 g/mol. The van der Waals surface area contributed by atoms with Gasteiger partial charge < -0.3 is 14.3 Å². The summed E-state index contributed by atoms with van der Waals surface area (Å²) in [6, 6.07) is 13.8. The molecule has 0 atom stereocenters. The second-order valence-electron chi connectivity index (χ2n) is 9.44. The second-order valence-corrected chi connectivity index (χ2v) is 9.44. The van der Waals surface area contributed by atoms with Crippen LogP contribution in [0.3, 0.4) is 0 Å². The Bertz CT molecular complexity index is 1590. The minimum atomic E-state index is -1.14. The maximum absolute atomic E-state index is 15.5. The van der Waals surface area contributed by atoms with Crippen molar-refractivity contribution in [3.05, 3.63) is 77.9 Å². The second kappa shape index (κ2) is 9.48. The van der Waals surface area contributed by atoms with E-state index in [0.29, 0.717) is 22.9 Å². The molecule has 0 amide bonds. The third kappa shape index (κ3) is 4.19. The van der Waals surface area contributed by atoms with Crippen molar-refractivity contribution in [2.24, 2.45) is 13.0 Å². The van der Waals surface area contributed by atoms with E-state index in [1.807, 2.05) is 30.3 Å². The number of rotatable bonds is 7. The summed E-state index contributed by atoms with van der Waals surface area (Å²) in [6.45, 7) is 0.918. The number of oxazole rings is 1. The van der Waals surface area contributed by atoms with Gasteiger partial charge in [0.25, 0.3) is 0 Å². The molecule has 1 saturated carbocycles. The Morgan fingerprint density at radius 3 is 2.54 bits per heavy atom. The third-order valence-electron chi connectivity index (χ3n) is 7.00. The number of benzene rings is 3. The van der Waals surface area contributed by atoms with Crippen LogP contribution in [0.25, 0.3) is 45.1 Å². The zero-order valence-corrected chi connectivity index (χ0v) is 20.1. The van der Waals surface area contributed by atoms with Crippen LogP contribution < -0.4 is 5.32 Å². The summed E-state index contributed by atoms with van der Waals surface area (Å²) in [5.41, 5.74) is 1.78. The van der Waals surface area contributed by atoms with Crippen molar-refractivity contribution in [2.75, 3.05) is 6.54 Å². The molecule has 9 heteroatoms. The van der Waals surface area contributed by atoms with Crippen molar-refractivity contribution in [3.8, 4) is 34.0 Å². The van der Waals surface area contributed by atoms with Gasteiger partial charge in [-0.3, -0.25) is 0 Å². The van der Waals surface area contributed by atoms with Gasteiger partial charge in [-0.05, 0) is 48.6 Å². The van der Waals surface area contributed by atoms with Crippen LogP contribution in [0.1, 0.15) is 24.8 Å². The largest absolute Gasteiger partial charge is 0.433 e. The zero-order chi connectivity index (χ0) is 25.5. The molecule has 0 radical (unpaired) electrons. The van der Waals surface area contributed by atoms with E-state index in [1.54, 1.807) is 17.7 Å². The van der Waals surface area contributed by atoms with E-state index in [2.05, 4.69) is 20.5 Å². The standard InChI is InChI=1S/C28H24F3N5O/c1-36-15-33-35-27(36)22-19(17-8-3-2-4-9-17)10-11-20(29)23(22)28-34-21-12-18(14-32-13-16-6-5-7-16)24(30)25(31)26(21)37-28/h2-4,8-12,15-16,32H,5-7,13-14H2,1H3. The lowest BCUT2D eigenvalue weighted by molar-refractivity contribution is 0.300. The van der Waals surface area contributed by atoms with Crippen molar-refractivity contribution in [2.45, 2.75) is 25.8 Å². The van der Waals surface area contributed by atoms with Gasteiger partial charge in [-0.1, -0.05) is 42.8 Å². The average Bonchev–Trinajstić information content (AvgIpc) is 3.50. The molecule has 0 spiro atoms. The Hall–Kier alpha value is -3.98. The van der Waals surface area contributed by atoms with Crippen LogP contribution in [0.4, 0.5) is 13.2 Å². The van der Waals surface area contributed by atoms with E-state index < -0.39 is 17.5 Å². The molecule has 0 unspecified atom stereocenters. The number of hydrogen-bond acceptors (Lipinski definition) is 5. The number of hydrogen-bond donors (Lipinski definition) is 1. The van der Waals surface area contributed by atoms with Gasteiger partial charge in [0.05, 0.1) is 5.56 Å². The van der Waals surface area contributed by atoms with Gasteiger partial charge in [-0.2, -0.15) is 4.39 Å². The Morgan fingerprint density at radius 2 is 1.84 bits per heavy atom. The first kappa shape index (κ1) is 23.4. The van der Waals surface area contributed by atoms with Crippen LogP contribution in [-0.4, -0.2) is 26.3 Å². The highest BCUT2D eigenvalue weighted by Crippen LogP contribution is 2.41. The molecule has 2 heterocycles. The average molecular weight is 504 g/mol. The van der Waals surface area contributed by atoms with Crippen LogP contribution in [0.5, 0.6) is 0 Å². The molecule has 0 bridgehead atoms. The third-order valence-corrected chi connectivity index (χ3v) is 7.00.